The van der Waals surface area contributed by atoms with Crippen LogP contribution in [0.25, 0.3) is 10.1 Å². The minimum atomic E-state index is -0.243. The van der Waals surface area contributed by atoms with Gasteiger partial charge in [0.15, 0.2) is 0 Å². The second-order valence-corrected chi connectivity index (χ2v) is 6.18. The van der Waals surface area contributed by atoms with Gasteiger partial charge < -0.3 is 9.88 Å². The highest BCUT2D eigenvalue weighted by Gasteiger charge is 2.18. The Labute approximate surface area is 116 Å². The number of carbonyl (C=O) groups excluding carboxylic acids is 1. The quantitative estimate of drug-likeness (QED) is 0.933. The van der Waals surface area contributed by atoms with Crippen LogP contribution >= 0.6 is 11.3 Å². The van der Waals surface area contributed by atoms with E-state index in [-0.39, 0.29) is 23.6 Å². The molecule has 2 aromatic heterocycles. The van der Waals surface area contributed by atoms with Crippen molar-refractivity contribution in [3.8, 4) is 0 Å². The molecule has 1 amide bonds. The highest BCUT2D eigenvalue weighted by atomic mass is 32.1. The Balaban J connectivity index is 2.20. The van der Waals surface area contributed by atoms with Crippen molar-refractivity contribution in [2.24, 2.45) is 0 Å². The average Bonchev–Trinajstić information content (AvgIpc) is 2.81. The number of carbonyl (C=O) groups is 1. The van der Waals surface area contributed by atoms with Crippen LogP contribution in [0.3, 0.4) is 0 Å². The van der Waals surface area contributed by atoms with Crippen LogP contribution in [0, 0.1) is 0 Å². The summed E-state index contributed by atoms with van der Waals surface area (Å²) in [6, 6.07) is 3.67. The molecule has 0 fully saturated rings. The van der Waals surface area contributed by atoms with Crippen LogP contribution < -0.4 is 10.9 Å². The summed E-state index contributed by atoms with van der Waals surface area (Å²) < 4.78 is 2.41. The first kappa shape index (κ1) is 13.8. The zero-order valence-corrected chi connectivity index (χ0v) is 12.2. The van der Waals surface area contributed by atoms with Gasteiger partial charge in [-0.15, -0.1) is 11.3 Å². The summed E-state index contributed by atoms with van der Waals surface area (Å²) in [5, 5.41) is 5.49. The number of pyridine rings is 1. The number of rotatable bonds is 4. The zero-order valence-electron chi connectivity index (χ0n) is 11.4. The Morgan fingerprint density at radius 2 is 2.16 bits per heavy atom. The molecule has 102 valence electrons. The van der Waals surface area contributed by atoms with Gasteiger partial charge in [0.25, 0.3) is 5.56 Å². The van der Waals surface area contributed by atoms with Crippen molar-refractivity contribution in [1.82, 2.24) is 9.88 Å². The SMILES string of the molecule is CCC(C)(C)NC(=O)Cn1ccc2sccc2c1=O. The fraction of sp³-hybridized carbons (Fsp3) is 0.429. The molecule has 1 N–H and O–H groups in total. The number of nitrogens with one attached hydrogen (secondary N) is 1. The van der Waals surface area contributed by atoms with Crippen molar-refractivity contribution >= 4 is 27.3 Å². The molecule has 19 heavy (non-hydrogen) atoms. The lowest BCUT2D eigenvalue weighted by Gasteiger charge is -2.24. The van der Waals surface area contributed by atoms with Crippen LogP contribution in [0.1, 0.15) is 27.2 Å². The summed E-state index contributed by atoms with van der Waals surface area (Å²) in [5.74, 6) is -0.136. The number of hydrogen-bond donors (Lipinski definition) is 1. The third-order valence-corrected chi connectivity index (χ3v) is 4.15. The maximum atomic E-state index is 12.1. The minimum Gasteiger partial charge on any atom is -0.350 e. The number of aromatic nitrogens is 1. The van der Waals surface area contributed by atoms with Crippen LogP contribution in [0.5, 0.6) is 0 Å². The van der Waals surface area contributed by atoms with Crippen molar-refractivity contribution in [3.63, 3.8) is 0 Å². The lowest BCUT2D eigenvalue weighted by Crippen LogP contribution is -2.45. The number of hydrogen-bond acceptors (Lipinski definition) is 3. The minimum absolute atomic E-state index is 0.0635. The number of thiophene rings is 1. The van der Waals surface area contributed by atoms with E-state index < -0.39 is 0 Å². The number of amides is 1. The van der Waals surface area contributed by atoms with Crippen LogP contribution in [-0.4, -0.2) is 16.0 Å². The highest BCUT2D eigenvalue weighted by Crippen LogP contribution is 2.16. The van der Waals surface area contributed by atoms with Crippen molar-refractivity contribution in [3.05, 3.63) is 34.1 Å². The van der Waals surface area contributed by atoms with E-state index in [1.165, 1.54) is 15.9 Å². The Bertz CT molecular complexity index is 655. The lowest BCUT2D eigenvalue weighted by atomic mass is 10.0. The highest BCUT2D eigenvalue weighted by molar-refractivity contribution is 7.17. The Hall–Kier alpha value is -1.62. The summed E-state index contributed by atoms with van der Waals surface area (Å²) in [5.41, 5.74) is -0.351. The predicted molar refractivity (Wildman–Crippen MR) is 78.6 cm³/mol. The van der Waals surface area contributed by atoms with Gasteiger partial charge in [-0.05, 0) is 37.8 Å². The molecule has 5 heteroatoms. The summed E-state index contributed by atoms with van der Waals surface area (Å²) >= 11 is 1.53. The summed E-state index contributed by atoms with van der Waals surface area (Å²) in [7, 11) is 0. The fourth-order valence-corrected chi connectivity index (χ4v) is 2.56. The fourth-order valence-electron chi connectivity index (χ4n) is 1.79. The molecule has 0 spiro atoms. The van der Waals surface area contributed by atoms with E-state index in [0.717, 1.165) is 11.1 Å². The molecule has 0 aliphatic rings. The molecule has 2 heterocycles. The van der Waals surface area contributed by atoms with E-state index in [0.29, 0.717) is 5.39 Å². The summed E-state index contributed by atoms with van der Waals surface area (Å²) in [6.45, 7) is 6.02. The maximum absolute atomic E-state index is 12.1. The summed E-state index contributed by atoms with van der Waals surface area (Å²) in [4.78, 5) is 24.1. The third kappa shape index (κ3) is 3.04. The van der Waals surface area contributed by atoms with Crippen molar-refractivity contribution in [1.29, 1.82) is 0 Å². The molecule has 0 bridgehead atoms. The monoisotopic (exact) mass is 278 g/mol. The third-order valence-electron chi connectivity index (χ3n) is 3.27. The first-order chi connectivity index (χ1) is 8.93. The Morgan fingerprint density at radius 3 is 2.84 bits per heavy atom. The van der Waals surface area contributed by atoms with Gasteiger partial charge in [0, 0.05) is 16.4 Å². The molecule has 0 saturated carbocycles. The van der Waals surface area contributed by atoms with Crippen molar-refractivity contribution < 1.29 is 4.79 Å². The van der Waals surface area contributed by atoms with Gasteiger partial charge in [-0.3, -0.25) is 9.59 Å². The Kier molecular flexibility index (Phi) is 3.75. The molecule has 0 aliphatic heterocycles. The van der Waals surface area contributed by atoms with E-state index in [4.69, 9.17) is 0 Å². The zero-order chi connectivity index (χ0) is 14.0. The topological polar surface area (TPSA) is 51.1 Å². The second-order valence-electron chi connectivity index (χ2n) is 5.23. The molecule has 2 aromatic rings. The molecule has 2 rings (SSSR count). The molecule has 0 unspecified atom stereocenters. The van der Waals surface area contributed by atoms with Crippen molar-refractivity contribution in [2.75, 3.05) is 0 Å². The van der Waals surface area contributed by atoms with E-state index >= 15 is 0 Å². The van der Waals surface area contributed by atoms with E-state index in [9.17, 15) is 9.59 Å². The molecule has 4 nitrogen and oxygen atoms in total. The van der Waals surface area contributed by atoms with Gasteiger partial charge in [0.1, 0.15) is 6.54 Å². The molecule has 0 aromatic carbocycles. The van der Waals surface area contributed by atoms with Gasteiger partial charge >= 0.3 is 0 Å². The van der Waals surface area contributed by atoms with E-state index in [1.54, 1.807) is 12.3 Å². The summed E-state index contributed by atoms with van der Waals surface area (Å²) in [6.07, 6.45) is 2.52. The van der Waals surface area contributed by atoms with Crippen LogP contribution in [-0.2, 0) is 11.3 Å². The average molecular weight is 278 g/mol. The first-order valence-electron chi connectivity index (χ1n) is 6.30. The van der Waals surface area contributed by atoms with E-state index in [1.807, 2.05) is 32.2 Å². The van der Waals surface area contributed by atoms with Crippen LogP contribution in [0.15, 0.2) is 28.5 Å². The van der Waals surface area contributed by atoms with Gasteiger partial charge in [0.2, 0.25) is 5.91 Å². The van der Waals surface area contributed by atoms with E-state index in [2.05, 4.69) is 5.32 Å². The van der Waals surface area contributed by atoms with Crippen LogP contribution in [0.2, 0.25) is 0 Å². The molecular weight excluding hydrogens is 260 g/mol. The van der Waals surface area contributed by atoms with Gasteiger partial charge in [0.05, 0.1) is 5.39 Å². The predicted octanol–water partition coefficient (Wildman–Crippen LogP) is 2.37. The number of fused-ring (bicyclic) bond motifs is 1. The second kappa shape index (κ2) is 5.17. The standard InChI is InChI=1S/C14H18N2O2S/c1-4-14(2,3)15-12(17)9-16-7-5-11-10(13(16)18)6-8-19-11/h5-8H,4,9H2,1-3H3,(H,15,17). The number of nitrogens with zero attached hydrogens (tertiary/aromatic N) is 1. The maximum Gasteiger partial charge on any atom is 0.259 e. The normalized spacial score (nSPS) is 11.7. The molecule has 0 atom stereocenters. The van der Waals surface area contributed by atoms with Crippen LogP contribution in [0.4, 0.5) is 0 Å². The Morgan fingerprint density at radius 1 is 1.42 bits per heavy atom. The lowest BCUT2D eigenvalue weighted by molar-refractivity contribution is -0.123. The molecule has 0 aliphatic carbocycles. The molecule has 0 saturated heterocycles. The smallest absolute Gasteiger partial charge is 0.259 e. The van der Waals surface area contributed by atoms with Gasteiger partial charge in [-0.25, -0.2) is 0 Å². The molecule has 0 radical (unpaired) electrons. The molecular formula is C14H18N2O2S. The largest absolute Gasteiger partial charge is 0.350 e. The van der Waals surface area contributed by atoms with Gasteiger partial charge in [-0.2, -0.15) is 0 Å². The first-order valence-corrected chi connectivity index (χ1v) is 7.18. The van der Waals surface area contributed by atoms with Crippen molar-refractivity contribution in [2.45, 2.75) is 39.3 Å². The van der Waals surface area contributed by atoms with Gasteiger partial charge in [-0.1, -0.05) is 6.92 Å².